The molecule has 1 aromatic rings. The Morgan fingerprint density at radius 2 is 2.11 bits per heavy atom. The quantitative estimate of drug-likeness (QED) is 0.651. The summed E-state index contributed by atoms with van der Waals surface area (Å²) in [5, 5.41) is -0.621. The van der Waals surface area contributed by atoms with Crippen LogP contribution in [-0.2, 0) is 29.0 Å². The van der Waals surface area contributed by atoms with Gasteiger partial charge in [-0.3, -0.25) is 4.72 Å². The van der Waals surface area contributed by atoms with Gasteiger partial charge in [0.2, 0.25) is 10.0 Å². The van der Waals surface area contributed by atoms with E-state index in [1.165, 1.54) is 6.08 Å². The van der Waals surface area contributed by atoms with Gasteiger partial charge in [-0.15, -0.1) is 0 Å². The fourth-order valence-electron chi connectivity index (χ4n) is 3.11. The van der Waals surface area contributed by atoms with Crippen LogP contribution in [0.3, 0.4) is 0 Å². The van der Waals surface area contributed by atoms with E-state index in [0.29, 0.717) is 34.8 Å². The number of nitrogens with one attached hydrogen (secondary N) is 1. The lowest BCUT2D eigenvalue weighted by Crippen LogP contribution is -2.42. The summed E-state index contributed by atoms with van der Waals surface area (Å²) in [5.74, 6) is -1.75. The fraction of sp³-hybridized carbons (Fsp3) is 0.471. The van der Waals surface area contributed by atoms with Gasteiger partial charge in [0.05, 0.1) is 31.1 Å². The molecule has 1 unspecified atom stereocenters. The lowest BCUT2D eigenvalue weighted by molar-refractivity contribution is -0.143. The van der Waals surface area contributed by atoms with E-state index < -0.39 is 27.0 Å². The Labute approximate surface area is 171 Å². The third kappa shape index (κ3) is 4.48. The van der Waals surface area contributed by atoms with E-state index in [9.17, 15) is 13.2 Å². The minimum absolute atomic E-state index is 0.0163. The maximum absolute atomic E-state index is 13.0. The summed E-state index contributed by atoms with van der Waals surface area (Å²) >= 11 is 9.18. The SMILES string of the molecule is CCOC(=O)C1=CC2(CCC1S(=O)(=O)Nc1ccc(Cl)cc1Br)OCCO2. The van der Waals surface area contributed by atoms with Crippen molar-refractivity contribution in [2.45, 2.75) is 30.8 Å². The van der Waals surface area contributed by atoms with Crippen molar-refractivity contribution in [3.63, 3.8) is 0 Å². The van der Waals surface area contributed by atoms with Crippen LogP contribution >= 0.6 is 27.5 Å². The lowest BCUT2D eigenvalue weighted by atomic mass is 9.94. The van der Waals surface area contributed by atoms with Crippen molar-refractivity contribution < 1.29 is 27.4 Å². The number of sulfonamides is 1. The Kier molecular flexibility index (Phi) is 6.17. The van der Waals surface area contributed by atoms with Crippen LogP contribution in [0, 0.1) is 0 Å². The molecule has 0 saturated carbocycles. The molecule has 1 spiro atoms. The van der Waals surface area contributed by atoms with Gasteiger partial charge in [0.15, 0.2) is 5.79 Å². The Bertz CT molecular complexity index is 866. The first kappa shape index (κ1) is 20.6. The molecule has 2 aliphatic rings. The number of carbonyl (C=O) groups excluding carboxylic acids is 1. The van der Waals surface area contributed by atoms with E-state index in [0.717, 1.165) is 0 Å². The van der Waals surface area contributed by atoms with Gasteiger partial charge in [-0.1, -0.05) is 11.6 Å². The molecule has 1 aliphatic heterocycles. The second-order valence-electron chi connectivity index (χ2n) is 6.13. The molecule has 1 saturated heterocycles. The second-order valence-corrected chi connectivity index (χ2v) is 9.28. The van der Waals surface area contributed by atoms with Crippen LogP contribution in [0.25, 0.3) is 0 Å². The van der Waals surface area contributed by atoms with Crippen LogP contribution < -0.4 is 4.72 Å². The van der Waals surface area contributed by atoms with Crippen molar-refractivity contribution in [1.29, 1.82) is 0 Å². The summed E-state index contributed by atoms with van der Waals surface area (Å²) in [5.41, 5.74) is 0.346. The molecule has 0 radical (unpaired) electrons. The number of hydrogen-bond donors (Lipinski definition) is 1. The summed E-state index contributed by atoms with van der Waals surface area (Å²) in [6.07, 6.45) is 1.93. The van der Waals surface area contributed by atoms with Crippen molar-refractivity contribution in [1.82, 2.24) is 0 Å². The molecule has 1 heterocycles. The summed E-state index contributed by atoms with van der Waals surface area (Å²) in [6, 6.07) is 4.70. The molecule has 3 rings (SSSR count). The van der Waals surface area contributed by atoms with E-state index >= 15 is 0 Å². The molecule has 7 nitrogen and oxygen atoms in total. The Balaban J connectivity index is 1.93. The third-order valence-electron chi connectivity index (χ3n) is 4.32. The number of rotatable bonds is 5. The third-order valence-corrected chi connectivity index (χ3v) is 6.96. The minimum Gasteiger partial charge on any atom is -0.463 e. The van der Waals surface area contributed by atoms with E-state index in [2.05, 4.69) is 20.7 Å². The maximum Gasteiger partial charge on any atom is 0.335 e. The predicted molar refractivity (Wildman–Crippen MR) is 104 cm³/mol. The van der Waals surface area contributed by atoms with Crippen molar-refractivity contribution in [3.05, 3.63) is 39.3 Å². The van der Waals surface area contributed by atoms with Crippen LogP contribution in [0.4, 0.5) is 5.69 Å². The van der Waals surface area contributed by atoms with Gasteiger partial charge in [-0.25, -0.2) is 13.2 Å². The van der Waals surface area contributed by atoms with Gasteiger partial charge in [-0.2, -0.15) is 0 Å². The Morgan fingerprint density at radius 3 is 2.74 bits per heavy atom. The zero-order valence-electron chi connectivity index (χ0n) is 14.5. The van der Waals surface area contributed by atoms with Crippen LogP contribution in [0.15, 0.2) is 34.3 Å². The molecule has 148 valence electrons. The smallest absolute Gasteiger partial charge is 0.335 e. The molecule has 0 bridgehead atoms. The topological polar surface area (TPSA) is 90.9 Å². The molecular weight excluding hydrogens is 462 g/mol. The molecule has 27 heavy (non-hydrogen) atoms. The maximum atomic E-state index is 13.0. The molecule has 1 atom stereocenters. The highest BCUT2D eigenvalue weighted by molar-refractivity contribution is 9.10. The molecule has 1 aliphatic carbocycles. The first-order chi connectivity index (χ1) is 12.8. The van der Waals surface area contributed by atoms with E-state index in [4.69, 9.17) is 25.8 Å². The summed E-state index contributed by atoms with van der Waals surface area (Å²) in [6.45, 7) is 2.57. The van der Waals surface area contributed by atoms with E-state index in [1.54, 1.807) is 25.1 Å². The molecule has 1 N–H and O–H groups in total. The predicted octanol–water partition coefficient (Wildman–Crippen LogP) is 3.24. The van der Waals surface area contributed by atoms with Crippen molar-refractivity contribution in [2.24, 2.45) is 0 Å². The van der Waals surface area contributed by atoms with Gasteiger partial charge in [0.1, 0.15) is 5.25 Å². The molecule has 1 aromatic carbocycles. The average molecular weight is 481 g/mol. The summed E-state index contributed by atoms with van der Waals surface area (Å²) in [7, 11) is -3.93. The number of esters is 1. The van der Waals surface area contributed by atoms with Crippen molar-refractivity contribution in [3.8, 4) is 0 Å². The molecule has 0 aromatic heterocycles. The van der Waals surface area contributed by atoms with Gasteiger partial charge < -0.3 is 14.2 Å². The number of hydrogen-bond acceptors (Lipinski definition) is 6. The van der Waals surface area contributed by atoms with E-state index in [1.807, 2.05) is 0 Å². The Hall–Kier alpha value is -1.13. The molecule has 10 heteroatoms. The lowest BCUT2D eigenvalue weighted by Gasteiger charge is -2.33. The monoisotopic (exact) mass is 479 g/mol. The number of anilines is 1. The summed E-state index contributed by atoms with van der Waals surface area (Å²) < 4.78 is 45.3. The first-order valence-electron chi connectivity index (χ1n) is 8.41. The van der Waals surface area contributed by atoms with Crippen molar-refractivity contribution in [2.75, 3.05) is 24.5 Å². The highest BCUT2D eigenvalue weighted by atomic mass is 79.9. The van der Waals surface area contributed by atoms with Gasteiger partial charge in [0.25, 0.3) is 0 Å². The minimum atomic E-state index is -3.93. The number of ether oxygens (including phenoxy) is 3. The van der Waals surface area contributed by atoms with Gasteiger partial charge in [-0.05, 0) is 53.5 Å². The summed E-state index contributed by atoms with van der Waals surface area (Å²) in [4.78, 5) is 12.4. The zero-order valence-corrected chi connectivity index (χ0v) is 17.7. The number of carbonyl (C=O) groups is 1. The number of halogens is 2. The van der Waals surface area contributed by atoms with Crippen LogP contribution in [-0.4, -0.2) is 45.2 Å². The highest BCUT2D eigenvalue weighted by Gasteiger charge is 2.46. The number of benzene rings is 1. The first-order valence-corrected chi connectivity index (χ1v) is 11.1. The molecule has 1 fully saturated rings. The van der Waals surface area contributed by atoms with Gasteiger partial charge >= 0.3 is 5.97 Å². The highest BCUT2D eigenvalue weighted by Crippen LogP contribution is 2.38. The molecule has 0 amide bonds. The van der Waals surface area contributed by atoms with Crippen molar-refractivity contribution >= 4 is 49.2 Å². The standard InChI is InChI=1S/C17H19BrClNO6S/c1-2-24-16(21)12-10-17(25-7-8-26-17)6-5-15(12)27(22,23)20-14-4-3-11(19)9-13(14)18/h3-4,9-10,15,20H,2,5-8H2,1H3. The van der Waals surface area contributed by atoms with E-state index in [-0.39, 0.29) is 18.6 Å². The molecular formula is C17H19BrClNO6S. The fourth-order valence-corrected chi connectivity index (χ4v) is 5.58. The zero-order chi connectivity index (χ0) is 19.7. The van der Waals surface area contributed by atoms with Crippen LogP contribution in [0.5, 0.6) is 0 Å². The van der Waals surface area contributed by atoms with Crippen LogP contribution in [0.1, 0.15) is 19.8 Å². The normalized spacial score (nSPS) is 21.7. The van der Waals surface area contributed by atoms with Crippen LogP contribution in [0.2, 0.25) is 5.02 Å². The largest absolute Gasteiger partial charge is 0.463 e. The average Bonchev–Trinajstić information content (AvgIpc) is 3.05. The van der Waals surface area contributed by atoms with Gasteiger partial charge in [0, 0.05) is 15.9 Å². The second kappa shape index (κ2) is 8.08. The Morgan fingerprint density at radius 1 is 1.41 bits per heavy atom.